The Bertz CT molecular complexity index is 858. The number of amides is 1. The van der Waals surface area contributed by atoms with Gasteiger partial charge in [0.15, 0.2) is 0 Å². The number of carbonyl (C=O) groups excluding carboxylic acids is 1. The van der Waals surface area contributed by atoms with Crippen molar-refractivity contribution in [2.45, 2.75) is 37.5 Å². The predicted octanol–water partition coefficient (Wildman–Crippen LogP) is 3.59. The van der Waals surface area contributed by atoms with Crippen molar-refractivity contribution in [3.05, 3.63) is 60.2 Å². The van der Waals surface area contributed by atoms with Crippen molar-refractivity contribution < 1.29 is 13.2 Å². The van der Waals surface area contributed by atoms with Crippen molar-refractivity contribution in [3.63, 3.8) is 0 Å². The van der Waals surface area contributed by atoms with Crippen molar-refractivity contribution in [1.82, 2.24) is 4.90 Å². The maximum Gasteiger partial charge on any atom is 0.264 e. The summed E-state index contributed by atoms with van der Waals surface area (Å²) in [6.07, 6.45) is 3.38. The van der Waals surface area contributed by atoms with Crippen LogP contribution in [-0.2, 0) is 14.8 Å². The van der Waals surface area contributed by atoms with Gasteiger partial charge in [-0.2, -0.15) is 0 Å². The van der Waals surface area contributed by atoms with Gasteiger partial charge in [-0.25, -0.2) is 8.42 Å². The average Bonchev–Trinajstić information content (AvgIpc) is 2.69. The number of hydrogen-bond acceptors (Lipinski definition) is 3. The molecule has 0 N–H and O–H groups in total. The topological polar surface area (TPSA) is 57.7 Å². The highest BCUT2D eigenvalue weighted by atomic mass is 32.2. The molecule has 1 heterocycles. The number of hydrogen-bond donors (Lipinski definition) is 0. The molecule has 0 atom stereocenters. The van der Waals surface area contributed by atoms with E-state index in [0.29, 0.717) is 5.69 Å². The lowest BCUT2D eigenvalue weighted by Crippen LogP contribution is -2.39. The third-order valence-electron chi connectivity index (χ3n) is 4.89. The minimum atomic E-state index is -3.73. The van der Waals surface area contributed by atoms with Crippen LogP contribution in [0.1, 0.15) is 31.2 Å². The molecule has 0 aromatic heterocycles. The van der Waals surface area contributed by atoms with E-state index in [4.69, 9.17) is 0 Å². The van der Waals surface area contributed by atoms with E-state index in [-0.39, 0.29) is 23.8 Å². The Morgan fingerprint density at radius 3 is 2.22 bits per heavy atom. The molecule has 5 nitrogen and oxygen atoms in total. The number of anilines is 1. The van der Waals surface area contributed by atoms with Crippen molar-refractivity contribution in [3.8, 4) is 0 Å². The van der Waals surface area contributed by atoms with E-state index in [2.05, 4.69) is 0 Å². The quantitative estimate of drug-likeness (QED) is 0.762. The van der Waals surface area contributed by atoms with Crippen LogP contribution in [0.3, 0.4) is 0 Å². The summed E-state index contributed by atoms with van der Waals surface area (Å²) < 4.78 is 27.8. The zero-order chi connectivity index (χ0) is 19.3. The van der Waals surface area contributed by atoms with Gasteiger partial charge in [-0.15, -0.1) is 0 Å². The molecule has 0 radical (unpaired) electrons. The Kier molecular flexibility index (Phi) is 6.16. The van der Waals surface area contributed by atoms with Gasteiger partial charge in [0.1, 0.15) is 0 Å². The van der Waals surface area contributed by atoms with Crippen LogP contribution < -0.4 is 4.31 Å². The van der Waals surface area contributed by atoms with Crippen molar-refractivity contribution in [2.24, 2.45) is 0 Å². The van der Waals surface area contributed by atoms with Gasteiger partial charge in [0.2, 0.25) is 5.91 Å². The summed E-state index contributed by atoms with van der Waals surface area (Å²) in [5, 5.41) is 0. The van der Waals surface area contributed by atoms with E-state index in [9.17, 15) is 13.2 Å². The maximum absolute atomic E-state index is 13.2. The van der Waals surface area contributed by atoms with E-state index < -0.39 is 10.0 Å². The van der Waals surface area contributed by atoms with Crippen LogP contribution in [0.4, 0.5) is 5.69 Å². The second-order valence-electron chi connectivity index (χ2n) is 6.92. The van der Waals surface area contributed by atoms with Gasteiger partial charge in [-0.1, -0.05) is 35.9 Å². The Hall–Kier alpha value is -2.34. The van der Waals surface area contributed by atoms with Crippen molar-refractivity contribution in [1.29, 1.82) is 0 Å². The van der Waals surface area contributed by atoms with Crippen LogP contribution in [-0.4, -0.2) is 38.9 Å². The van der Waals surface area contributed by atoms with E-state index >= 15 is 0 Å². The maximum atomic E-state index is 13.2. The van der Waals surface area contributed by atoms with Crippen LogP contribution >= 0.6 is 0 Å². The minimum Gasteiger partial charge on any atom is -0.343 e. The normalized spacial score (nSPS) is 14.8. The number of para-hydroxylation sites is 1. The first-order valence-corrected chi connectivity index (χ1v) is 10.8. The summed E-state index contributed by atoms with van der Waals surface area (Å²) in [5.41, 5.74) is 1.57. The molecule has 0 bridgehead atoms. The fourth-order valence-electron chi connectivity index (χ4n) is 3.32. The van der Waals surface area contributed by atoms with Crippen LogP contribution in [0.2, 0.25) is 0 Å². The molecule has 0 unspecified atom stereocenters. The molecule has 2 aromatic carbocycles. The van der Waals surface area contributed by atoms with Crippen LogP contribution in [0, 0.1) is 6.92 Å². The summed E-state index contributed by atoms with van der Waals surface area (Å²) in [6.45, 7) is 3.60. The highest BCUT2D eigenvalue weighted by Crippen LogP contribution is 2.24. The SMILES string of the molecule is Cc1ccc(S(=O)(=O)N(CCC(=O)N2CCCCC2)c2ccccc2)cc1. The number of rotatable bonds is 6. The lowest BCUT2D eigenvalue weighted by Gasteiger charge is -2.29. The molecule has 1 fully saturated rings. The first kappa shape index (κ1) is 19.4. The van der Waals surface area contributed by atoms with Gasteiger partial charge in [-0.3, -0.25) is 9.10 Å². The number of carbonyl (C=O) groups is 1. The number of benzene rings is 2. The fourth-order valence-corrected chi connectivity index (χ4v) is 4.78. The first-order chi connectivity index (χ1) is 13.0. The van der Waals surface area contributed by atoms with Crippen LogP contribution in [0.25, 0.3) is 0 Å². The van der Waals surface area contributed by atoms with Crippen molar-refractivity contribution >= 4 is 21.6 Å². The molecule has 2 aromatic rings. The van der Waals surface area contributed by atoms with Gasteiger partial charge in [-0.05, 0) is 50.5 Å². The number of likely N-dealkylation sites (tertiary alicyclic amines) is 1. The van der Waals surface area contributed by atoms with E-state index in [0.717, 1.165) is 37.9 Å². The molecule has 1 saturated heterocycles. The molecule has 6 heteroatoms. The molecule has 0 saturated carbocycles. The standard InChI is InChI=1S/C21H26N2O3S/c1-18-10-12-20(13-11-18)27(25,26)23(19-8-4-2-5-9-19)17-14-21(24)22-15-6-3-7-16-22/h2,4-5,8-13H,3,6-7,14-17H2,1H3. The molecule has 0 spiro atoms. The highest BCUT2D eigenvalue weighted by Gasteiger charge is 2.26. The predicted molar refractivity (Wildman–Crippen MR) is 107 cm³/mol. The largest absolute Gasteiger partial charge is 0.343 e. The van der Waals surface area contributed by atoms with Crippen LogP contribution in [0.15, 0.2) is 59.5 Å². The fraction of sp³-hybridized carbons (Fsp3) is 0.381. The molecule has 1 aliphatic heterocycles. The van der Waals surface area contributed by atoms with Crippen molar-refractivity contribution in [2.75, 3.05) is 23.9 Å². The molecular weight excluding hydrogens is 360 g/mol. The average molecular weight is 387 g/mol. The summed E-state index contributed by atoms with van der Waals surface area (Å²) in [6, 6.07) is 15.8. The number of sulfonamides is 1. The molecule has 0 aliphatic carbocycles. The summed E-state index contributed by atoms with van der Waals surface area (Å²) in [4.78, 5) is 14.6. The zero-order valence-corrected chi connectivity index (χ0v) is 16.5. The van der Waals surface area contributed by atoms with E-state index in [1.807, 2.05) is 17.9 Å². The number of piperidine rings is 1. The molecular formula is C21H26N2O3S. The zero-order valence-electron chi connectivity index (χ0n) is 15.7. The molecule has 1 aliphatic rings. The van der Waals surface area contributed by atoms with Gasteiger partial charge in [0.05, 0.1) is 10.6 Å². The van der Waals surface area contributed by atoms with E-state index in [1.165, 1.54) is 4.31 Å². The molecule has 3 rings (SSSR count). The second-order valence-corrected chi connectivity index (χ2v) is 8.78. The molecule has 1 amide bonds. The van der Waals surface area contributed by atoms with Crippen LogP contribution in [0.5, 0.6) is 0 Å². The number of aryl methyl sites for hydroxylation is 1. The third kappa shape index (κ3) is 4.69. The number of nitrogens with zero attached hydrogens (tertiary/aromatic N) is 2. The van der Waals surface area contributed by atoms with Gasteiger partial charge < -0.3 is 4.90 Å². The Morgan fingerprint density at radius 1 is 0.963 bits per heavy atom. The highest BCUT2D eigenvalue weighted by molar-refractivity contribution is 7.92. The third-order valence-corrected chi connectivity index (χ3v) is 6.73. The smallest absolute Gasteiger partial charge is 0.264 e. The Morgan fingerprint density at radius 2 is 1.59 bits per heavy atom. The Labute approximate surface area is 161 Å². The second kappa shape index (κ2) is 8.57. The lowest BCUT2D eigenvalue weighted by molar-refractivity contribution is -0.131. The first-order valence-electron chi connectivity index (χ1n) is 9.41. The molecule has 144 valence electrons. The summed E-state index contributed by atoms with van der Waals surface area (Å²) >= 11 is 0. The lowest BCUT2D eigenvalue weighted by atomic mass is 10.1. The minimum absolute atomic E-state index is 0.0229. The summed E-state index contributed by atoms with van der Waals surface area (Å²) in [5.74, 6) is 0.0229. The monoisotopic (exact) mass is 386 g/mol. The molecule has 27 heavy (non-hydrogen) atoms. The Balaban J connectivity index is 1.83. The van der Waals surface area contributed by atoms with Gasteiger partial charge >= 0.3 is 0 Å². The van der Waals surface area contributed by atoms with Gasteiger partial charge in [0, 0.05) is 26.1 Å². The van der Waals surface area contributed by atoms with Gasteiger partial charge in [0.25, 0.3) is 10.0 Å². The van der Waals surface area contributed by atoms with E-state index in [1.54, 1.807) is 48.5 Å². The summed E-state index contributed by atoms with van der Waals surface area (Å²) in [7, 11) is -3.73.